The van der Waals surface area contributed by atoms with Crippen LogP contribution in [0.25, 0.3) is 0 Å². The number of carbonyl (C=O) groups excluding carboxylic acids is 2. The summed E-state index contributed by atoms with van der Waals surface area (Å²) >= 11 is 0. The Kier molecular flexibility index (Phi) is 4.94. The fraction of sp³-hybridized carbons (Fsp3) is 0.438. The summed E-state index contributed by atoms with van der Waals surface area (Å²) in [5, 5.41) is 8.75. The molecule has 110 valence electrons. The molecule has 0 bridgehead atoms. The Morgan fingerprint density at radius 2 is 2.00 bits per heavy atom. The number of nitrogens with zero attached hydrogens (tertiary/aromatic N) is 2. The van der Waals surface area contributed by atoms with Crippen molar-refractivity contribution < 1.29 is 14.3 Å². The Morgan fingerprint density at radius 1 is 1.33 bits per heavy atom. The van der Waals surface area contributed by atoms with E-state index in [9.17, 15) is 9.59 Å². The van der Waals surface area contributed by atoms with Gasteiger partial charge in [-0.3, -0.25) is 9.59 Å². The van der Waals surface area contributed by atoms with Crippen LogP contribution >= 0.6 is 0 Å². The van der Waals surface area contributed by atoms with Crippen molar-refractivity contribution in [1.82, 2.24) is 4.90 Å². The number of nitriles is 1. The van der Waals surface area contributed by atoms with Crippen molar-refractivity contribution >= 4 is 11.9 Å². The molecular formula is C16H18N2O3. The molecular weight excluding hydrogens is 268 g/mol. The van der Waals surface area contributed by atoms with Crippen LogP contribution in [-0.2, 0) is 20.7 Å². The molecule has 1 amide bonds. The van der Waals surface area contributed by atoms with Crippen molar-refractivity contribution in [3.63, 3.8) is 0 Å². The van der Waals surface area contributed by atoms with Gasteiger partial charge < -0.3 is 9.64 Å². The molecule has 0 N–H and O–H groups in total. The fourth-order valence-electron chi connectivity index (χ4n) is 2.13. The highest BCUT2D eigenvalue weighted by Crippen LogP contribution is 2.27. The molecule has 0 aromatic heterocycles. The minimum absolute atomic E-state index is 0.0214. The normalized spacial score (nSPS) is 13.3. The lowest BCUT2D eigenvalue weighted by atomic mass is 10.1. The van der Waals surface area contributed by atoms with E-state index < -0.39 is 0 Å². The molecule has 0 unspecified atom stereocenters. The summed E-state index contributed by atoms with van der Waals surface area (Å²) in [6, 6.07) is 9.13. The molecule has 1 aromatic rings. The zero-order valence-electron chi connectivity index (χ0n) is 12.0. The Morgan fingerprint density at radius 3 is 2.52 bits per heavy atom. The highest BCUT2D eigenvalue weighted by Gasteiger charge is 2.33. The topological polar surface area (TPSA) is 70.4 Å². The van der Waals surface area contributed by atoms with E-state index in [1.807, 2.05) is 6.07 Å². The Labute approximate surface area is 124 Å². The fourth-order valence-corrected chi connectivity index (χ4v) is 2.13. The number of benzene rings is 1. The summed E-state index contributed by atoms with van der Waals surface area (Å²) in [6.07, 6.45) is 2.12. The Bertz CT molecular complexity index is 556. The van der Waals surface area contributed by atoms with Crippen LogP contribution in [0.1, 0.15) is 30.9 Å². The standard InChI is InChI=1S/C16H18N2O3/c1-2-21-16(20)11-18(14-7-8-14)15(19)9-12-3-5-13(10-17)6-4-12/h3-6,14H,2,7-9,11H2,1H3. The maximum atomic E-state index is 12.3. The number of carbonyl (C=O) groups is 2. The minimum Gasteiger partial charge on any atom is -0.465 e. The van der Waals surface area contributed by atoms with Gasteiger partial charge in [-0.25, -0.2) is 0 Å². The van der Waals surface area contributed by atoms with Crippen LogP contribution in [0.3, 0.4) is 0 Å². The first-order valence-electron chi connectivity index (χ1n) is 7.08. The lowest BCUT2D eigenvalue weighted by Gasteiger charge is -2.21. The quantitative estimate of drug-likeness (QED) is 0.746. The Balaban J connectivity index is 1.98. The molecule has 5 heteroatoms. The van der Waals surface area contributed by atoms with E-state index in [4.69, 9.17) is 10.00 Å². The maximum absolute atomic E-state index is 12.3. The van der Waals surface area contributed by atoms with E-state index in [2.05, 4.69) is 0 Å². The molecule has 1 aliphatic carbocycles. The average molecular weight is 286 g/mol. The monoisotopic (exact) mass is 286 g/mol. The smallest absolute Gasteiger partial charge is 0.325 e. The summed E-state index contributed by atoms with van der Waals surface area (Å²) in [7, 11) is 0. The highest BCUT2D eigenvalue weighted by atomic mass is 16.5. The molecule has 0 atom stereocenters. The van der Waals surface area contributed by atoms with E-state index >= 15 is 0 Å². The van der Waals surface area contributed by atoms with Crippen molar-refractivity contribution in [2.75, 3.05) is 13.2 Å². The molecule has 0 spiro atoms. The van der Waals surface area contributed by atoms with Gasteiger partial charge in [0.1, 0.15) is 6.54 Å². The molecule has 0 heterocycles. The van der Waals surface area contributed by atoms with Crippen molar-refractivity contribution in [3.8, 4) is 6.07 Å². The maximum Gasteiger partial charge on any atom is 0.325 e. The third-order valence-corrected chi connectivity index (χ3v) is 3.35. The number of rotatable bonds is 6. The summed E-state index contributed by atoms with van der Waals surface area (Å²) < 4.78 is 4.91. The van der Waals surface area contributed by atoms with Crippen molar-refractivity contribution in [2.45, 2.75) is 32.2 Å². The van der Waals surface area contributed by atoms with Gasteiger partial charge in [0.2, 0.25) is 5.91 Å². The number of hydrogen-bond acceptors (Lipinski definition) is 4. The van der Waals surface area contributed by atoms with E-state index in [0.717, 1.165) is 18.4 Å². The van der Waals surface area contributed by atoms with E-state index in [-0.39, 0.29) is 30.9 Å². The zero-order valence-corrected chi connectivity index (χ0v) is 12.0. The van der Waals surface area contributed by atoms with Crippen molar-refractivity contribution in [3.05, 3.63) is 35.4 Å². The largest absolute Gasteiger partial charge is 0.465 e. The molecule has 21 heavy (non-hydrogen) atoms. The number of amides is 1. The van der Waals surface area contributed by atoms with Gasteiger partial charge >= 0.3 is 5.97 Å². The SMILES string of the molecule is CCOC(=O)CN(C(=O)Cc1ccc(C#N)cc1)C1CC1. The van der Waals surface area contributed by atoms with Crippen LogP contribution < -0.4 is 0 Å². The molecule has 0 saturated heterocycles. The predicted molar refractivity (Wildman–Crippen MR) is 76.2 cm³/mol. The van der Waals surface area contributed by atoms with Crippen molar-refractivity contribution in [2.24, 2.45) is 0 Å². The van der Waals surface area contributed by atoms with E-state index in [1.165, 1.54) is 0 Å². The van der Waals surface area contributed by atoms with Gasteiger partial charge in [0.25, 0.3) is 0 Å². The molecule has 2 rings (SSSR count). The summed E-state index contributed by atoms with van der Waals surface area (Å²) in [5.74, 6) is -0.437. The van der Waals surface area contributed by atoms with Crippen LogP contribution in [0.4, 0.5) is 0 Å². The molecule has 1 aliphatic rings. The van der Waals surface area contributed by atoms with Crippen molar-refractivity contribution in [1.29, 1.82) is 5.26 Å². The zero-order chi connectivity index (χ0) is 15.2. The molecule has 0 radical (unpaired) electrons. The second-order valence-electron chi connectivity index (χ2n) is 5.04. The summed E-state index contributed by atoms with van der Waals surface area (Å²) in [5.41, 5.74) is 1.41. The predicted octanol–water partition coefficient (Wildman–Crippen LogP) is 1.65. The number of ether oxygens (including phenoxy) is 1. The highest BCUT2D eigenvalue weighted by molar-refractivity contribution is 5.84. The van der Waals surface area contributed by atoms with Gasteiger partial charge in [0.05, 0.1) is 24.7 Å². The third kappa shape index (κ3) is 4.32. The van der Waals surface area contributed by atoms with E-state index in [0.29, 0.717) is 12.2 Å². The van der Waals surface area contributed by atoms with Gasteiger partial charge in [-0.15, -0.1) is 0 Å². The second kappa shape index (κ2) is 6.89. The van der Waals surface area contributed by atoms with Crippen LogP contribution in [0, 0.1) is 11.3 Å². The first-order chi connectivity index (χ1) is 10.1. The van der Waals surface area contributed by atoms with Gasteiger partial charge in [0, 0.05) is 6.04 Å². The summed E-state index contributed by atoms with van der Waals surface area (Å²) in [4.78, 5) is 25.5. The third-order valence-electron chi connectivity index (χ3n) is 3.35. The molecule has 1 aromatic carbocycles. The van der Waals surface area contributed by atoms with Gasteiger partial charge in [-0.1, -0.05) is 12.1 Å². The van der Waals surface area contributed by atoms with Crippen LogP contribution in [0.2, 0.25) is 0 Å². The number of esters is 1. The minimum atomic E-state index is -0.363. The van der Waals surface area contributed by atoms with Gasteiger partial charge in [-0.05, 0) is 37.5 Å². The van der Waals surface area contributed by atoms with Gasteiger partial charge in [-0.2, -0.15) is 5.26 Å². The average Bonchev–Trinajstić information content (AvgIpc) is 3.30. The number of hydrogen-bond donors (Lipinski definition) is 0. The molecule has 1 saturated carbocycles. The molecule has 1 fully saturated rings. The van der Waals surface area contributed by atoms with E-state index in [1.54, 1.807) is 36.1 Å². The van der Waals surface area contributed by atoms with Crippen LogP contribution in [-0.4, -0.2) is 36.0 Å². The first-order valence-corrected chi connectivity index (χ1v) is 7.08. The molecule has 0 aliphatic heterocycles. The first kappa shape index (κ1) is 15.0. The Hall–Kier alpha value is -2.35. The van der Waals surface area contributed by atoms with Gasteiger partial charge in [0.15, 0.2) is 0 Å². The lowest BCUT2D eigenvalue weighted by molar-refractivity contribution is -0.149. The van der Waals surface area contributed by atoms with Crippen LogP contribution in [0.5, 0.6) is 0 Å². The van der Waals surface area contributed by atoms with Crippen LogP contribution in [0.15, 0.2) is 24.3 Å². The molecule has 5 nitrogen and oxygen atoms in total. The summed E-state index contributed by atoms with van der Waals surface area (Å²) in [6.45, 7) is 2.09. The second-order valence-corrected chi connectivity index (χ2v) is 5.04. The lowest BCUT2D eigenvalue weighted by Crippen LogP contribution is -2.39.